The fourth-order valence-electron chi connectivity index (χ4n) is 3.58. The lowest BCUT2D eigenvalue weighted by molar-refractivity contribution is -0.140. The fraction of sp³-hybridized carbons (Fsp3) is 0.231. The summed E-state index contributed by atoms with van der Waals surface area (Å²) in [5.74, 6) is -1.02. The van der Waals surface area contributed by atoms with Crippen molar-refractivity contribution in [1.82, 2.24) is 10.2 Å². The van der Waals surface area contributed by atoms with Crippen molar-refractivity contribution < 1.29 is 14.0 Å². The summed E-state index contributed by atoms with van der Waals surface area (Å²) < 4.78 is 14.3. The third kappa shape index (κ3) is 6.41. The summed E-state index contributed by atoms with van der Waals surface area (Å²) in [4.78, 5) is 28.0. The number of likely N-dealkylation sites (N-methyl/N-ethyl adjacent to an activating group) is 1. The Kier molecular flexibility index (Phi) is 8.40. The molecule has 32 heavy (non-hydrogen) atoms. The zero-order chi connectivity index (χ0) is 22.9. The lowest BCUT2D eigenvalue weighted by Crippen LogP contribution is -2.51. The lowest BCUT2D eigenvalue weighted by Gasteiger charge is -2.31. The fourth-order valence-corrected chi connectivity index (χ4v) is 3.80. The molecule has 3 aromatic carbocycles. The molecule has 6 heteroatoms. The lowest BCUT2D eigenvalue weighted by atomic mass is 10.0. The summed E-state index contributed by atoms with van der Waals surface area (Å²) in [5, 5.41) is 3.38. The van der Waals surface area contributed by atoms with E-state index in [9.17, 15) is 14.0 Å². The average molecular weight is 453 g/mol. The quantitative estimate of drug-likeness (QED) is 0.507. The zero-order valence-corrected chi connectivity index (χ0v) is 18.7. The second-order valence-electron chi connectivity index (χ2n) is 7.52. The summed E-state index contributed by atoms with van der Waals surface area (Å²) in [6.45, 7) is 2.46. The van der Waals surface area contributed by atoms with Crippen molar-refractivity contribution in [2.24, 2.45) is 0 Å². The van der Waals surface area contributed by atoms with Gasteiger partial charge in [-0.3, -0.25) is 9.59 Å². The maximum absolute atomic E-state index is 14.3. The highest BCUT2D eigenvalue weighted by molar-refractivity contribution is 6.30. The van der Waals surface area contributed by atoms with Gasteiger partial charge in [-0.2, -0.15) is 0 Å². The molecule has 0 saturated heterocycles. The number of nitrogens with zero attached hydrogens (tertiary/aromatic N) is 1. The molecular formula is C26H26ClFN2O2. The molecule has 3 rings (SSSR count). The van der Waals surface area contributed by atoms with E-state index < -0.39 is 11.9 Å². The molecule has 2 amide bonds. The number of hydrogen-bond acceptors (Lipinski definition) is 2. The molecule has 0 saturated carbocycles. The second-order valence-corrected chi connectivity index (χ2v) is 7.96. The Labute approximate surface area is 193 Å². The van der Waals surface area contributed by atoms with Gasteiger partial charge in [-0.1, -0.05) is 72.3 Å². The molecule has 0 spiro atoms. The number of halogens is 2. The van der Waals surface area contributed by atoms with Gasteiger partial charge in [-0.25, -0.2) is 4.39 Å². The molecule has 0 aliphatic heterocycles. The topological polar surface area (TPSA) is 49.4 Å². The molecule has 0 fully saturated rings. The van der Waals surface area contributed by atoms with E-state index in [-0.39, 0.29) is 24.8 Å². The van der Waals surface area contributed by atoms with Crippen molar-refractivity contribution in [3.8, 4) is 0 Å². The number of hydrogen-bond donors (Lipinski definition) is 1. The van der Waals surface area contributed by atoms with Crippen molar-refractivity contribution >= 4 is 23.4 Å². The summed E-state index contributed by atoms with van der Waals surface area (Å²) in [6.07, 6.45) is 0.203. The van der Waals surface area contributed by atoms with Gasteiger partial charge in [0.15, 0.2) is 0 Å². The van der Waals surface area contributed by atoms with Gasteiger partial charge in [0, 0.05) is 24.5 Å². The summed E-state index contributed by atoms with van der Waals surface area (Å²) in [7, 11) is 0. The molecule has 0 aromatic heterocycles. The Morgan fingerprint density at radius 1 is 0.969 bits per heavy atom. The number of rotatable bonds is 9. The molecule has 0 radical (unpaired) electrons. The predicted octanol–water partition coefficient (Wildman–Crippen LogP) is 4.80. The van der Waals surface area contributed by atoms with E-state index in [1.165, 1.54) is 11.0 Å². The minimum atomic E-state index is -0.754. The minimum Gasteiger partial charge on any atom is -0.355 e. The summed E-state index contributed by atoms with van der Waals surface area (Å²) >= 11 is 6.15. The van der Waals surface area contributed by atoms with Crippen LogP contribution in [0.15, 0.2) is 78.9 Å². The SMILES string of the molecule is CCNC(=O)C(Cc1ccccc1)N(Cc1cccc(Cl)c1)C(=O)Cc1ccccc1F. The van der Waals surface area contributed by atoms with Crippen LogP contribution >= 0.6 is 11.6 Å². The highest BCUT2D eigenvalue weighted by Crippen LogP contribution is 2.19. The van der Waals surface area contributed by atoms with Gasteiger partial charge < -0.3 is 10.2 Å². The van der Waals surface area contributed by atoms with Crippen LogP contribution in [-0.2, 0) is 29.0 Å². The molecule has 1 atom stereocenters. The second kappa shape index (κ2) is 11.4. The molecule has 3 aromatic rings. The van der Waals surface area contributed by atoms with E-state index >= 15 is 0 Å². The van der Waals surface area contributed by atoms with Crippen LogP contribution in [0.2, 0.25) is 5.02 Å². The van der Waals surface area contributed by atoms with Crippen LogP contribution in [0.3, 0.4) is 0 Å². The smallest absolute Gasteiger partial charge is 0.243 e. The Bertz CT molecular complexity index is 1060. The maximum atomic E-state index is 14.3. The van der Waals surface area contributed by atoms with Crippen LogP contribution < -0.4 is 5.32 Å². The Hall–Kier alpha value is -3.18. The van der Waals surface area contributed by atoms with Gasteiger partial charge in [0.2, 0.25) is 11.8 Å². The van der Waals surface area contributed by atoms with E-state index in [0.29, 0.717) is 23.6 Å². The predicted molar refractivity (Wildman–Crippen MR) is 125 cm³/mol. The van der Waals surface area contributed by atoms with Crippen molar-refractivity contribution in [3.63, 3.8) is 0 Å². The van der Waals surface area contributed by atoms with Gasteiger partial charge in [0.1, 0.15) is 11.9 Å². The third-order valence-corrected chi connectivity index (χ3v) is 5.40. The van der Waals surface area contributed by atoms with Crippen LogP contribution in [0.5, 0.6) is 0 Å². The van der Waals surface area contributed by atoms with Gasteiger partial charge >= 0.3 is 0 Å². The summed E-state index contributed by atoms with van der Waals surface area (Å²) in [6, 6.07) is 22.1. The first-order chi connectivity index (χ1) is 15.5. The Morgan fingerprint density at radius 3 is 2.34 bits per heavy atom. The van der Waals surface area contributed by atoms with E-state index in [2.05, 4.69) is 5.32 Å². The first-order valence-electron chi connectivity index (χ1n) is 10.6. The first kappa shape index (κ1) is 23.5. The van der Waals surface area contributed by atoms with E-state index in [0.717, 1.165) is 11.1 Å². The molecule has 4 nitrogen and oxygen atoms in total. The molecular weight excluding hydrogens is 427 g/mol. The standard InChI is InChI=1S/C26H26ClFN2O2/c1-2-29-26(32)24(16-19-9-4-3-5-10-19)30(18-20-11-8-13-22(27)15-20)25(31)17-21-12-6-7-14-23(21)28/h3-15,24H,2,16-18H2,1H3,(H,29,32). The number of benzene rings is 3. The van der Waals surface area contributed by atoms with Gasteiger partial charge in [0.05, 0.1) is 6.42 Å². The van der Waals surface area contributed by atoms with E-state index in [1.54, 1.807) is 36.4 Å². The highest BCUT2D eigenvalue weighted by atomic mass is 35.5. The van der Waals surface area contributed by atoms with Crippen LogP contribution in [0.1, 0.15) is 23.6 Å². The molecule has 0 aliphatic carbocycles. The minimum absolute atomic E-state index is 0.141. The zero-order valence-electron chi connectivity index (χ0n) is 17.9. The van der Waals surface area contributed by atoms with Crippen LogP contribution in [0, 0.1) is 5.82 Å². The van der Waals surface area contributed by atoms with Gasteiger partial charge in [-0.15, -0.1) is 0 Å². The number of nitrogens with one attached hydrogen (secondary N) is 1. The van der Waals surface area contributed by atoms with Crippen LogP contribution in [0.4, 0.5) is 4.39 Å². The van der Waals surface area contributed by atoms with Crippen LogP contribution in [-0.4, -0.2) is 29.3 Å². The monoisotopic (exact) mass is 452 g/mol. The maximum Gasteiger partial charge on any atom is 0.243 e. The van der Waals surface area contributed by atoms with E-state index in [4.69, 9.17) is 11.6 Å². The first-order valence-corrected chi connectivity index (χ1v) is 10.9. The third-order valence-electron chi connectivity index (χ3n) is 5.16. The summed E-state index contributed by atoms with van der Waals surface area (Å²) in [5.41, 5.74) is 2.02. The highest BCUT2D eigenvalue weighted by Gasteiger charge is 2.30. The van der Waals surface area contributed by atoms with Gasteiger partial charge in [0.25, 0.3) is 0 Å². The molecule has 0 bridgehead atoms. The van der Waals surface area contributed by atoms with Crippen LogP contribution in [0.25, 0.3) is 0 Å². The Balaban J connectivity index is 1.96. The van der Waals surface area contributed by atoms with Crippen molar-refractivity contribution in [3.05, 3.63) is 106 Å². The number of carbonyl (C=O) groups excluding carboxylic acids is 2. The molecule has 1 unspecified atom stereocenters. The van der Waals surface area contributed by atoms with Crippen molar-refractivity contribution in [1.29, 1.82) is 0 Å². The average Bonchev–Trinajstić information content (AvgIpc) is 2.78. The van der Waals surface area contributed by atoms with E-state index in [1.807, 2.05) is 43.3 Å². The van der Waals surface area contributed by atoms with Crippen molar-refractivity contribution in [2.75, 3.05) is 6.54 Å². The normalized spacial score (nSPS) is 11.6. The van der Waals surface area contributed by atoms with Gasteiger partial charge in [-0.05, 0) is 41.8 Å². The molecule has 1 N–H and O–H groups in total. The molecule has 166 valence electrons. The molecule has 0 aliphatic rings. The largest absolute Gasteiger partial charge is 0.355 e. The van der Waals surface area contributed by atoms with Crippen molar-refractivity contribution in [2.45, 2.75) is 32.4 Å². The Morgan fingerprint density at radius 2 is 1.66 bits per heavy atom. The number of amides is 2. The number of carbonyl (C=O) groups is 2. The molecule has 0 heterocycles.